The maximum Gasteiger partial charge on any atom is 0.251 e. The summed E-state index contributed by atoms with van der Waals surface area (Å²) in [5, 5.41) is 6.12. The number of carbonyl (C=O) groups excluding carboxylic acids is 1. The number of benzene rings is 1. The molecular formula is C15H23N3O2. The van der Waals surface area contributed by atoms with Crippen LogP contribution in [0.4, 0.5) is 11.4 Å². The molecule has 1 aromatic carbocycles. The maximum absolute atomic E-state index is 11.8. The second kappa shape index (κ2) is 7.14. The molecule has 1 saturated heterocycles. The number of amides is 1. The molecule has 4 N–H and O–H groups in total. The summed E-state index contributed by atoms with van der Waals surface area (Å²) in [6, 6.07) is 5.35. The van der Waals surface area contributed by atoms with E-state index in [2.05, 4.69) is 10.6 Å². The van der Waals surface area contributed by atoms with E-state index in [1.807, 2.05) is 13.0 Å². The van der Waals surface area contributed by atoms with Crippen molar-refractivity contribution in [3.05, 3.63) is 23.8 Å². The second-order valence-corrected chi connectivity index (χ2v) is 5.07. The summed E-state index contributed by atoms with van der Waals surface area (Å²) in [4.78, 5) is 11.8. The first-order valence-electron chi connectivity index (χ1n) is 7.24. The van der Waals surface area contributed by atoms with E-state index in [9.17, 15) is 4.79 Å². The van der Waals surface area contributed by atoms with Crippen LogP contribution >= 0.6 is 0 Å². The van der Waals surface area contributed by atoms with Crippen LogP contribution in [0.15, 0.2) is 18.2 Å². The quantitative estimate of drug-likeness (QED) is 0.695. The summed E-state index contributed by atoms with van der Waals surface area (Å²) >= 11 is 0. The molecular weight excluding hydrogens is 254 g/mol. The molecule has 1 amide bonds. The van der Waals surface area contributed by atoms with Crippen LogP contribution in [0.25, 0.3) is 0 Å². The number of anilines is 2. The minimum absolute atomic E-state index is 0.0794. The van der Waals surface area contributed by atoms with E-state index in [4.69, 9.17) is 10.5 Å². The van der Waals surface area contributed by atoms with Crippen LogP contribution in [0.5, 0.6) is 0 Å². The van der Waals surface area contributed by atoms with Crippen LogP contribution in [0.2, 0.25) is 0 Å². The number of nitrogens with two attached hydrogens (primary N) is 1. The highest BCUT2D eigenvalue weighted by atomic mass is 16.5. The summed E-state index contributed by atoms with van der Waals surface area (Å²) in [6.45, 7) is 4.30. The van der Waals surface area contributed by atoms with Gasteiger partial charge < -0.3 is 21.1 Å². The fourth-order valence-corrected chi connectivity index (χ4v) is 2.23. The normalized spacial score (nSPS) is 17.9. The summed E-state index contributed by atoms with van der Waals surface area (Å²) in [5.41, 5.74) is 8.03. The first-order valence-corrected chi connectivity index (χ1v) is 7.24. The molecule has 0 spiro atoms. The van der Waals surface area contributed by atoms with Gasteiger partial charge in [0.25, 0.3) is 5.91 Å². The molecule has 0 saturated carbocycles. The minimum atomic E-state index is -0.0794. The van der Waals surface area contributed by atoms with Gasteiger partial charge in [0.1, 0.15) is 0 Å². The molecule has 20 heavy (non-hydrogen) atoms. The predicted molar refractivity (Wildman–Crippen MR) is 80.9 cm³/mol. The fraction of sp³-hybridized carbons (Fsp3) is 0.533. The van der Waals surface area contributed by atoms with Crippen molar-refractivity contribution in [3.63, 3.8) is 0 Å². The molecule has 0 aromatic heterocycles. The third-order valence-electron chi connectivity index (χ3n) is 3.39. The summed E-state index contributed by atoms with van der Waals surface area (Å²) in [7, 11) is 0. The predicted octanol–water partition coefficient (Wildman–Crippen LogP) is 2.00. The highest BCUT2D eigenvalue weighted by Gasteiger charge is 2.15. The van der Waals surface area contributed by atoms with Crippen molar-refractivity contribution in [2.24, 2.45) is 0 Å². The average molecular weight is 277 g/mol. The van der Waals surface area contributed by atoms with Gasteiger partial charge >= 0.3 is 0 Å². The molecule has 0 bridgehead atoms. The van der Waals surface area contributed by atoms with Crippen LogP contribution < -0.4 is 16.4 Å². The third kappa shape index (κ3) is 3.87. The number of carbonyl (C=O) groups is 1. The van der Waals surface area contributed by atoms with Crippen LogP contribution in [0, 0.1) is 0 Å². The zero-order chi connectivity index (χ0) is 14.4. The van der Waals surface area contributed by atoms with E-state index in [-0.39, 0.29) is 12.0 Å². The Morgan fingerprint density at radius 3 is 3.00 bits per heavy atom. The van der Waals surface area contributed by atoms with E-state index in [1.165, 1.54) is 0 Å². The van der Waals surface area contributed by atoms with Crippen LogP contribution in [0.3, 0.4) is 0 Å². The Labute approximate surface area is 119 Å². The second-order valence-electron chi connectivity index (χ2n) is 5.07. The van der Waals surface area contributed by atoms with Crippen molar-refractivity contribution >= 4 is 17.3 Å². The number of hydrogen-bond acceptors (Lipinski definition) is 4. The zero-order valence-electron chi connectivity index (χ0n) is 11.9. The van der Waals surface area contributed by atoms with Gasteiger partial charge in [-0.25, -0.2) is 0 Å². The van der Waals surface area contributed by atoms with Crippen molar-refractivity contribution in [3.8, 4) is 0 Å². The van der Waals surface area contributed by atoms with Crippen LogP contribution in [-0.2, 0) is 4.74 Å². The Bertz CT molecular complexity index is 456. The lowest BCUT2D eigenvalue weighted by Crippen LogP contribution is -2.24. The van der Waals surface area contributed by atoms with Gasteiger partial charge in [-0.15, -0.1) is 0 Å². The highest BCUT2D eigenvalue weighted by molar-refractivity contribution is 5.96. The Kier molecular flexibility index (Phi) is 5.24. The van der Waals surface area contributed by atoms with Crippen LogP contribution in [-0.4, -0.2) is 31.7 Å². The molecule has 1 aliphatic heterocycles. The maximum atomic E-state index is 11.8. The summed E-state index contributed by atoms with van der Waals surface area (Å²) in [6.07, 6.45) is 3.40. The van der Waals surface area contributed by atoms with Crippen molar-refractivity contribution in [2.75, 3.05) is 30.7 Å². The van der Waals surface area contributed by atoms with E-state index >= 15 is 0 Å². The molecule has 5 nitrogen and oxygen atoms in total. The molecule has 0 aliphatic carbocycles. The molecule has 1 aromatic rings. The molecule has 0 unspecified atom stereocenters. The van der Waals surface area contributed by atoms with Gasteiger partial charge in [0.15, 0.2) is 0 Å². The SMILES string of the molecule is CCCNC(=O)c1ccc(NC[C@@H]2CCCO2)c(N)c1. The smallest absolute Gasteiger partial charge is 0.251 e. The Morgan fingerprint density at radius 2 is 2.35 bits per heavy atom. The highest BCUT2D eigenvalue weighted by Crippen LogP contribution is 2.21. The lowest BCUT2D eigenvalue weighted by Gasteiger charge is -2.14. The standard InChI is InChI=1S/C15H23N3O2/c1-2-7-17-15(19)11-5-6-14(13(16)9-11)18-10-12-4-3-8-20-12/h5-6,9,12,18H,2-4,7-8,10,16H2,1H3,(H,17,19)/t12-/m0/s1. The van der Waals surface area contributed by atoms with Gasteiger partial charge in [0.05, 0.1) is 17.5 Å². The minimum Gasteiger partial charge on any atom is -0.397 e. The molecule has 1 atom stereocenters. The number of ether oxygens (including phenoxy) is 1. The van der Waals surface area contributed by atoms with Gasteiger partial charge in [0.2, 0.25) is 0 Å². The van der Waals surface area contributed by atoms with Crippen molar-refractivity contribution in [2.45, 2.75) is 32.3 Å². The summed E-state index contributed by atoms with van der Waals surface area (Å²) in [5.74, 6) is -0.0794. The van der Waals surface area contributed by atoms with Gasteiger partial charge in [-0.2, -0.15) is 0 Å². The molecule has 110 valence electrons. The van der Waals surface area contributed by atoms with Crippen molar-refractivity contribution in [1.29, 1.82) is 0 Å². The van der Waals surface area contributed by atoms with E-state index < -0.39 is 0 Å². The van der Waals surface area contributed by atoms with E-state index in [0.717, 1.165) is 38.1 Å². The molecule has 2 rings (SSSR count). The molecule has 0 radical (unpaired) electrons. The van der Waals surface area contributed by atoms with Gasteiger partial charge in [-0.1, -0.05) is 6.92 Å². The number of hydrogen-bond donors (Lipinski definition) is 3. The van der Waals surface area contributed by atoms with Gasteiger partial charge in [-0.05, 0) is 37.5 Å². The van der Waals surface area contributed by atoms with E-state index in [1.54, 1.807) is 12.1 Å². The Balaban J connectivity index is 1.92. The van der Waals surface area contributed by atoms with Crippen molar-refractivity contribution < 1.29 is 9.53 Å². The van der Waals surface area contributed by atoms with Gasteiger partial charge in [-0.3, -0.25) is 4.79 Å². The number of nitrogens with one attached hydrogen (secondary N) is 2. The number of nitrogen functional groups attached to an aromatic ring is 1. The lowest BCUT2D eigenvalue weighted by molar-refractivity contribution is 0.0953. The van der Waals surface area contributed by atoms with Crippen molar-refractivity contribution in [1.82, 2.24) is 5.32 Å². The largest absolute Gasteiger partial charge is 0.397 e. The summed E-state index contributed by atoms with van der Waals surface area (Å²) < 4.78 is 5.55. The molecule has 1 aliphatic rings. The zero-order valence-corrected chi connectivity index (χ0v) is 11.9. The molecule has 5 heteroatoms. The topological polar surface area (TPSA) is 76.4 Å². The number of rotatable bonds is 6. The van der Waals surface area contributed by atoms with Crippen LogP contribution in [0.1, 0.15) is 36.5 Å². The first-order chi connectivity index (χ1) is 9.70. The average Bonchev–Trinajstić information content (AvgIpc) is 2.96. The monoisotopic (exact) mass is 277 g/mol. The molecule has 1 heterocycles. The fourth-order valence-electron chi connectivity index (χ4n) is 2.23. The van der Waals surface area contributed by atoms with Gasteiger partial charge in [0, 0.05) is 25.3 Å². The lowest BCUT2D eigenvalue weighted by atomic mass is 10.1. The third-order valence-corrected chi connectivity index (χ3v) is 3.39. The Hall–Kier alpha value is -1.75. The Morgan fingerprint density at radius 1 is 1.50 bits per heavy atom. The molecule has 1 fully saturated rings. The first kappa shape index (κ1) is 14.7. The van der Waals surface area contributed by atoms with E-state index in [0.29, 0.717) is 17.8 Å².